The highest BCUT2D eigenvalue weighted by atomic mass is 35.5. The van der Waals surface area contributed by atoms with Crippen molar-refractivity contribution < 1.29 is 41.0 Å². The lowest BCUT2D eigenvalue weighted by Gasteiger charge is -2.30. The number of nitrogen functional groups attached to an aromatic ring is 1. The molecule has 3 N–H and O–H groups in total. The number of carbonyl (C=O) groups excluding carboxylic acids is 1. The average Bonchev–Trinajstić information content (AvgIpc) is 3.63. The molecule has 9 nitrogen and oxygen atoms in total. The molecule has 246 valence electrons. The first-order valence-electron chi connectivity index (χ1n) is 13.8. The number of hydrogen-bond donors (Lipinski definition) is 2. The molecule has 17 heteroatoms. The third-order valence-corrected chi connectivity index (χ3v) is 9.14. The summed E-state index contributed by atoms with van der Waals surface area (Å²) in [6.07, 6.45) is -8.37. The predicted molar refractivity (Wildman–Crippen MR) is 159 cm³/mol. The number of nitrogens with two attached hydrogens (primary N) is 1. The maximum Gasteiger partial charge on any atom is 0.431 e. The lowest BCUT2D eigenvalue weighted by Crippen LogP contribution is -2.53. The van der Waals surface area contributed by atoms with Gasteiger partial charge in [0.1, 0.15) is 17.4 Å². The van der Waals surface area contributed by atoms with Crippen LogP contribution >= 0.6 is 22.9 Å². The second kappa shape index (κ2) is 12.4. The minimum atomic E-state index is -6.04. The molecule has 2 aromatic carbocycles. The maximum atomic E-state index is 13.2. The Morgan fingerprint density at radius 3 is 2.39 bits per heavy atom. The molecule has 2 aliphatic rings. The molecule has 4 aromatic rings. The van der Waals surface area contributed by atoms with Crippen molar-refractivity contribution in [3.63, 3.8) is 0 Å². The van der Waals surface area contributed by atoms with Gasteiger partial charge in [-0.05, 0) is 56.0 Å². The number of aryl methyl sites for hydroxylation is 1. The number of anilines is 1. The molecule has 0 saturated carbocycles. The van der Waals surface area contributed by atoms with Gasteiger partial charge in [-0.25, -0.2) is 14.8 Å². The number of halogens is 7. The molecule has 2 saturated heterocycles. The minimum absolute atomic E-state index is 0.0192. The zero-order valence-electron chi connectivity index (χ0n) is 24.0. The molecule has 6 rings (SSSR count). The van der Waals surface area contributed by atoms with Gasteiger partial charge in [-0.2, -0.15) is 26.3 Å². The summed E-state index contributed by atoms with van der Waals surface area (Å²) >= 11 is 5.87. The summed E-state index contributed by atoms with van der Waals surface area (Å²) in [5.74, 6) is 0.307. The summed E-state index contributed by atoms with van der Waals surface area (Å²) in [4.78, 5) is 32.4. The van der Waals surface area contributed by atoms with E-state index in [4.69, 9.17) is 22.1 Å². The molecule has 1 amide bonds. The van der Waals surface area contributed by atoms with Crippen molar-refractivity contribution in [2.75, 3.05) is 18.9 Å². The number of carbonyl (C=O) groups is 1. The Morgan fingerprint density at radius 1 is 1.09 bits per heavy atom. The van der Waals surface area contributed by atoms with Crippen molar-refractivity contribution in [3.05, 3.63) is 74.2 Å². The number of cyclic esters (lactones) is 1. The summed E-state index contributed by atoms with van der Waals surface area (Å²) < 4.78 is 85.6. The Morgan fingerprint density at radius 2 is 1.76 bits per heavy atom. The fraction of sp³-hybridized carbons (Fsp3) is 0.379. The molecule has 1 atom stereocenters. The van der Waals surface area contributed by atoms with Crippen LogP contribution in [0.5, 0.6) is 0 Å². The first kappa shape index (κ1) is 33.5. The van der Waals surface area contributed by atoms with Crippen molar-refractivity contribution in [2.45, 2.75) is 56.7 Å². The number of piperidine rings is 1. The van der Waals surface area contributed by atoms with Crippen LogP contribution in [0, 0.1) is 6.92 Å². The normalized spacial score (nSPS) is 17.0. The van der Waals surface area contributed by atoms with Crippen molar-refractivity contribution in [1.29, 1.82) is 0 Å². The summed E-state index contributed by atoms with van der Waals surface area (Å²) in [6.45, 7) is 3.28. The summed E-state index contributed by atoms with van der Waals surface area (Å²) in [5.41, 5.74) is 1.18. The summed E-state index contributed by atoms with van der Waals surface area (Å²) in [7, 11) is 0. The van der Waals surface area contributed by atoms with Gasteiger partial charge < -0.3 is 20.5 Å². The van der Waals surface area contributed by atoms with Crippen molar-refractivity contribution in [1.82, 2.24) is 19.4 Å². The van der Waals surface area contributed by atoms with Gasteiger partial charge >= 0.3 is 18.4 Å². The lowest BCUT2D eigenvalue weighted by molar-refractivity contribution is -0.375. The van der Waals surface area contributed by atoms with Gasteiger partial charge in [0.2, 0.25) is 0 Å². The van der Waals surface area contributed by atoms with E-state index in [0.29, 0.717) is 29.7 Å². The van der Waals surface area contributed by atoms with Crippen molar-refractivity contribution in [3.8, 4) is 10.6 Å². The number of benzene rings is 2. The van der Waals surface area contributed by atoms with Crippen LogP contribution in [-0.4, -0.2) is 62.2 Å². The highest BCUT2D eigenvalue weighted by molar-refractivity contribution is 7.15. The summed E-state index contributed by atoms with van der Waals surface area (Å²) in [5, 5.41) is 9.92. The molecule has 46 heavy (non-hydrogen) atoms. The highest BCUT2D eigenvalue weighted by Crippen LogP contribution is 2.52. The van der Waals surface area contributed by atoms with Gasteiger partial charge in [-0.3, -0.25) is 9.36 Å². The largest absolute Gasteiger partial charge is 0.447 e. The van der Waals surface area contributed by atoms with Gasteiger partial charge in [-0.15, -0.1) is 11.3 Å². The monoisotopic (exact) mass is 689 g/mol. The number of aliphatic hydroxyl groups is 1. The number of rotatable bonds is 4. The molecule has 2 fully saturated rings. The van der Waals surface area contributed by atoms with Crippen LogP contribution in [-0.2, 0) is 16.9 Å². The van der Waals surface area contributed by atoms with E-state index < -0.39 is 28.4 Å². The van der Waals surface area contributed by atoms with Crippen LogP contribution in [0.4, 0.5) is 36.8 Å². The smallest absolute Gasteiger partial charge is 0.431 e. The van der Waals surface area contributed by atoms with Crippen LogP contribution in [0.25, 0.3) is 21.5 Å². The van der Waals surface area contributed by atoms with E-state index in [1.807, 2.05) is 4.90 Å². The molecular weight excluding hydrogens is 664 g/mol. The van der Waals surface area contributed by atoms with Gasteiger partial charge in [0, 0.05) is 29.0 Å². The third kappa shape index (κ3) is 6.25. The number of hydrogen-bond acceptors (Lipinski definition) is 8. The Labute approximate surface area is 266 Å². The zero-order chi connectivity index (χ0) is 33.6. The average molecular weight is 690 g/mol. The Kier molecular flexibility index (Phi) is 9.00. The van der Waals surface area contributed by atoms with Gasteiger partial charge in [0.25, 0.3) is 11.2 Å². The number of thiazole rings is 1. The number of aromatic nitrogens is 3. The van der Waals surface area contributed by atoms with E-state index in [-0.39, 0.29) is 51.1 Å². The van der Waals surface area contributed by atoms with Gasteiger partial charge in [0.05, 0.1) is 28.4 Å². The van der Waals surface area contributed by atoms with Crippen molar-refractivity contribution >= 4 is 45.6 Å². The number of ether oxygens (including phenoxy) is 1. The topological polar surface area (TPSA) is 124 Å². The molecule has 0 radical (unpaired) electrons. The van der Waals surface area contributed by atoms with Gasteiger partial charge in [-0.1, -0.05) is 23.7 Å². The summed E-state index contributed by atoms with van der Waals surface area (Å²) in [6, 6.07) is 9.69. The highest BCUT2D eigenvalue weighted by Gasteiger charge is 2.72. The lowest BCUT2D eigenvalue weighted by atomic mass is 10.0. The SMILES string of the molecule is Cc1nc2cc(-c3ncc(C(O)(C(F)(F)F)C(F)(F)F)s3)c(N)cc2c(=O)n1Cc1ccc(Cl)cc1.O=C1OCC2CCCCN12. The predicted octanol–water partition coefficient (Wildman–Crippen LogP) is 6.42. The molecule has 0 aliphatic carbocycles. The minimum Gasteiger partial charge on any atom is -0.447 e. The Balaban J connectivity index is 0.000000350. The number of alkyl halides is 6. The van der Waals surface area contributed by atoms with Crippen LogP contribution in [0.1, 0.15) is 35.5 Å². The van der Waals surface area contributed by atoms with E-state index in [1.54, 1.807) is 31.2 Å². The first-order valence-corrected chi connectivity index (χ1v) is 15.0. The second-order valence-electron chi connectivity index (χ2n) is 10.8. The van der Waals surface area contributed by atoms with Gasteiger partial charge in [0.15, 0.2) is 0 Å². The van der Waals surface area contributed by atoms with Crippen LogP contribution < -0.4 is 11.3 Å². The number of nitrogens with zero attached hydrogens (tertiary/aromatic N) is 4. The molecular formula is C29H26ClF6N5O4S. The van der Waals surface area contributed by atoms with E-state index in [0.717, 1.165) is 24.9 Å². The molecule has 4 heterocycles. The second-order valence-corrected chi connectivity index (χ2v) is 12.3. The maximum absolute atomic E-state index is 13.2. The molecule has 2 aliphatic heterocycles. The quantitative estimate of drug-likeness (QED) is 0.187. The standard InChI is InChI=1S/C22H15ClF6N4O2S.C7H11NO2/c1-10-32-16-7-13(18-31-8-17(36-18)20(35,21(24,25)26)22(27,28)29)15(30)6-14(16)19(34)33(10)9-11-2-4-12(23)5-3-11;9-7-8-4-2-1-3-6(8)5-10-7/h2-8,35H,9,30H2,1H3;6H,1-5H2. The van der Waals surface area contributed by atoms with E-state index in [9.17, 15) is 41.0 Å². The molecule has 1 unspecified atom stereocenters. The first-order chi connectivity index (χ1) is 21.5. The van der Waals surface area contributed by atoms with E-state index >= 15 is 0 Å². The van der Waals surface area contributed by atoms with Crippen molar-refractivity contribution in [2.24, 2.45) is 0 Å². The zero-order valence-corrected chi connectivity index (χ0v) is 25.5. The number of fused-ring (bicyclic) bond motifs is 2. The molecule has 0 spiro atoms. The number of amides is 1. The third-order valence-electron chi connectivity index (χ3n) is 7.74. The van der Waals surface area contributed by atoms with Crippen LogP contribution in [0.3, 0.4) is 0 Å². The fourth-order valence-corrected chi connectivity index (χ4v) is 6.42. The molecule has 2 aromatic heterocycles. The van der Waals surface area contributed by atoms with E-state index in [2.05, 4.69) is 9.97 Å². The van der Waals surface area contributed by atoms with Crippen LogP contribution in [0.2, 0.25) is 5.02 Å². The molecule has 0 bridgehead atoms. The van der Waals surface area contributed by atoms with E-state index in [1.165, 1.54) is 23.1 Å². The Hall–Kier alpha value is -3.89. The fourth-order valence-electron chi connectivity index (χ4n) is 5.21. The Bertz CT molecular complexity index is 1810. The van der Waals surface area contributed by atoms with Crippen LogP contribution in [0.15, 0.2) is 47.4 Å².